The van der Waals surface area contributed by atoms with E-state index in [9.17, 15) is 14.9 Å². The Balaban J connectivity index is 2.18. The Labute approximate surface area is 212 Å². The summed E-state index contributed by atoms with van der Waals surface area (Å²) in [7, 11) is 5.69. The molecule has 37 heavy (non-hydrogen) atoms. The molecule has 4 aromatic rings. The summed E-state index contributed by atoms with van der Waals surface area (Å²) in [5.74, 6) is 0.343. The van der Waals surface area contributed by atoms with Crippen LogP contribution in [0, 0.1) is 18.3 Å². The number of hydrogen-bond donors (Lipinski definition) is 0. The van der Waals surface area contributed by atoms with Crippen LogP contribution < -0.4 is 19.8 Å². The second-order valence-electron chi connectivity index (χ2n) is 8.03. The smallest absolute Gasteiger partial charge is 0.355 e. The minimum Gasteiger partial charge on any atom is -0.493 e. The SMILES string of the molecule is COC(=O)c1c(-c2cc(OC)c(OC)c(OC)c2)c2ccc(C#N)nc2c(=O)n1Cc1ccnc(C)c1. The van der Waals surface area contributed by atoms with E-state index in [1.807, 2.05) is 19.1 Å². The van der Waals surface area contributed by atoms with Gasteiger partial charge in [-0.25, -0.2) is 9.78 Å². The van der Waals surface area contributed by atoms with Gasteiger partial charge >= 0.3 is 5.97 Å². The maximum atomic E-state index is 13.8. The van der Waals surface area contributed by atoms with Gasteiger partial charge in [-0.1, -0.05) is 0 Å². The number of esters is 1. The van der Waals surface area contributed by atoms with Crippen LogP contribution in [-0.2, 0) is 11.3 Å². The molecule has 0 bridgehead atoms. The molecule has 10 nitrogen and oxygen atoms in total. The summed E-state index contributed by atoms with van der Waals surface area (Å²) in [4.78, 5) is 35.5. The van der Waals surface area contributed by atoms with Crippen LogP contribution in [0.5, 0.6) is 17.2 Å². The fraction of sp³-hybridized carbons (Fsp3) is 0.222. The first-order valence-corrected chi connectivity index (χ1v) is 11.1. The zero-order chi connectivity index (χ0) is 26.7. The lowest BCUT2D eigenvalue weighted by Crippen LogP contribution is -2.29. The summed E-state index contributed by atoms with van der Waals surface area (Å²) in [6, 6.07) is 12.0. The lowest BCUT2D eigenvalue weighted by molar-refractivity contribution is 0.0588. The number of carbonyl (C=O) groups excluding carboxylic acids is 1. The quantitative estimate of drug-likeness (QED) is 0.351. The van der Waals surface area contributed by atoms with Crippen LogP contribution in [0.2, 0.25) is 0 Å². The number of aromatic nitrogens is 3. The highest BCUT2D eigenvalue weighted by molar-refractivity contribution is 6.06. The van der Waals surface area contributed by atoms with Gasteiger partial charge in [0.15, 0.2) is 11.5 Å². The molecule has 0 spiro atoms. The Morgan fingerprint density at radius 2 is 1.73 bits per heavy atom. The number of benzene rings is 1. The first kappa shape index (κ1) is 25.2. The number of methoxy groups -OCH3 is 4. The van der Waals surface area contributed by atoms with Crippen LogP contribution in [0.1, 0.15) is 27.4 Å². The van der Waals surface area contributed by atoms with Gasteiger partial charge in [0.2, 0.25) is 5.75 Å². The molecule has 0 N–H and O–H groups in total. The monoisotopic (exact) mass is 500 g/mol. The predicted molar refractivity (Wildman–Crippen MR) is 135 cm³/mol. The van der Waals surface area contributed by atoms with Gasteiger partial charge in [-0.15, -0.1) is 0 Å². The second-order valence-corrected chi connectivity index (χ2v) is 8.03. The summed E-state index contributed by atoms with van der Waals surface area (Å²) in [6.07, 6.45) is 1.63. The number of pyridine rings is 3. The van der Waals surface area contributed by atoms with Crippen LogP contribution in [0.25, 0.3) is 22.0 Å². The number of aryl methyl sites for hydroxylation is 1. The van der Waals surface area contributed by atoms with E-state index in [1.54, 1.807) is 30.5 Å². The summed E-state index contributed by atoms with van der Waals surface area (Å²) in [5, 5.41) is 9.80. The van der Waals surface area contributed by atoms with Crippen molar-refractivity contribution in [2.75, 3.05) is 28.4 Å². The van der Waals surface area contributed by atoms with Gasteiger partial charge in [0.25, 0.3) is 5.56 Å². The Hall–Kier alpha value is -4.91. The van der Waals surface area contributed by atoms with Gasteiger partial charge in [0.1, 0.15) is 23.0 Å². The summed E-state index contributed by atoms with van der Waals surface area (Å²) in [5.41, 5.74) is 1.91. The highest BCUT2D eigenvalue weighted by Crippen LogP contribution is 2.43. The molecule has 4 rings (SSSR count). The van der Waals surface area contributed by atoms with E-state index in [0.29, 0.717) is 33.8 Å². The Bertz CT molecular complexity index is 1600. The third-order valence-corrected chi connectivity index (χ3v) is 5.87. The molecule has 0 saturated carbocycles. The van der Waals surface area contributed by atoms with E-state index in [2.05, 4.69) is 9.97 Å². The molecule has 0 unspecified atom stereocenters. The van der Waals surface area contributed by atoms with Gasteiger partial charge in [0.05, 0.1) is 35.0 Å². The molecule has 10 heteroatoms. The maximum absolute atomic E-state index is 13.8. The van der Waals surface area contributed by atoms with Gasteiger partial charge < -0.3 is 18.9 Å². The molecule has 0 amide bonds. The number of rotatable bonds is 7. The third-order valence-electron chi connectivity index (χ3n) is 5.87. The normalized spacial score (nSPS) is 10.6. The number of nitriles is 1. The van der Waals surface area contributed by atoms with Crippen molar-refractivity contribution < 1.29 is 23.7 Å². The van der Waals surface area contributed by atoms with Gasteiger partial charge in [-0.2, -0.15) is 5.26 Å². The lowest BCUT2D eigenvalue weighted by atomic mass is 9.97. The molecular weight excluding hydrogens is 476 g/mol. The van der Waals surface area contributed by atoms with Crippen molar-refractivity contribution in [2.45, 2.75) is 13.5 Å². The van der Waals surface area contributed by atoms with Crippen molar-refractivity contribution >= 4 is 16.9 Å². The molecule has 0 aliphatic carbocycles. The Kier molecular flexibility index (Phi) is 7.06. The Morgan fingerprint density at radius 3 is 2.30 bits per heavy atom. The molecule has 3 heterocycles. The first-order valence-electron chi connectivity index (χ1n) is 11.1. The molecular formula is C27H24N4O6. The zero-order valence-corrected chi connectivity index (χ0v) is 21.0. The summed E-state index contributed by atoms with van der Waals surface area (Å²) in [6.45, 7) is 1.87. The van der Waals surface area contributed by atoms with Crippen molar-refractivity contribution in [3.8, 4) is 34.4 Å². The van der Waals surface area contributed by atoms with Crippen LogP contribution in [-0.4, -0.2) is 48.9 Å². The highest BCUT2D eigenvalue weighted by atomic mass is 16.5. The minimum atomic E-state index is -0.724. The van der Waals surface area contributed by atoms with E-state index in [-0.39, 0.29) is 23.4 Å². The third kappa shape index (κ3) is 4.54. The molecule has 0 atom stereocenters. The molecule has 0 radical (unpaired) electrons. The van der Waals surface area contributed by atoms with Crippen molar-refractivity contribution in [1.82, 2.24) is 14.5 Å². The van der Waals surface area contributed by atoms with Crippen LogP contribution in [0.15, 0.2) is 47.4 Å². The molecule has 0 fully saturated rings. The second kappa shape index (κ2) is 10.4. The number of fused-ring (bicyclic) bond motifs is 1. The topological polar surface area (TPSA) is 126 Å². The average Bonchev–Trinajstić information content (AvgIpc) is 2.92. The predicted octanol–water partition coefficient (Wildman–Crippen LogP) is 3.50. The van der Waals surface area contributed by atoms with Crippen LogP contribution in [0.4, 0.5) is 0 Å². The lowest BCUT2D eigenvalue weighted by Gasteiger charge is -2.20. The number of ether oxygens (including phenoxy) is 4. The van der Waals surface area contributed by atoms with E-state index >= 15 is 0 Å². The largest absolute Gasteiger partial charge is 0.493 e. The minimum absolute atomic E-state index is 0.00949. The molecule has 3 aromatic heterocycles. The Morgan fingerprint density at radius 1 is 1.03 bits per heavy atom. The summed E-state index contributed by atoms with van der Waals surface area (Å²) >= 11 is 0. The zero-order valence-electron chi connectivity index (χ0n) is 21.0. The van der Waals surface area contributed by atoms with Gasteiger partial charge in [-0.05, 0) is 54.4 Å². The van der Waals surface area contributed by atoms with Crippen LogP contribution >= 0.6 is 0 Å². The highest BCUT2D eigenvalue weighted by Gasteiger charge is 2.27. The fourth-order valence-corrected chi connectivity index (χ4v) is 4.24. The number of carbonyl (C=O) groups is 1. The van der Waals surface area contributed by atoms with Gasteiger partial charge in [0, 0.05) is 22.8 Å². The first-order chi connectivity index (χ1) is 17.9. The average molecular weight is 501 g/mol. The van der Waals surface area contributed by atoms with Crippen LogP contribution in [0.3, 0.4) is 0 Å². The molecule has 1 aromatic carbocycles. The van der Waals surface area contributed by atoms with E-state index in [0.717, 1.165) is 11.3 Å². The molecule has 0 aliphatic heterocycles. The fourth-order valence-electron chi connectivity index (χ4n) is 4.24. The standard InChI is InChI=1S/C27H24N4O6/c1-15-10-16(8-9-29-15)14-31-24(27(33)37-5)22(19-7-6-18(13-28)30-23(19)26(31)32)17-11-20(34-2)25(36-4)21(12-17)35-3/h6-12H,14H2,1-5H3. The maximum Gasteiger partial charge on any atom is 0.355 e. The van der Waals surface area contributed by atoms with Gasteiger partial charge in [-0.3, -0.25) is 14.3 Å². The van der Waals surface area contributed by atoms with Crippen molar-refractivity contribution in [2.24, 2.45) is 0 Å². The summed E-state index contributed by atoms with van der Waals surface area (Å²) < 4.78 is 22.9. The number of nitrogens with zero attached hydrogens (tertiary/aromatic N) is 4. The number of hydrogen-bond acceptors (Lipinski definition) is 9. The molecule has 0 saturated heterocycles. The van der Waals surface area contributed by atoms with E-state index in [4.69, 9.17) is 18.9 Å². The van der Waals surface area contributed by atoms with E-state index in [1.165, 1.54) is 39.1 Å². The van der Waals surface area contributed by atoms with Crippen molar-refractivity contribution in [3.05, 3.63) is 75.6 Å². The van der Waals surface area contributed by atoms with E-state index < -0.39 is 11.5 Å². The van der Waals surface area contributed by atoms with Crippen molar-refractivity contribution in [1.29, 1.82) is 5.26 Å². The molecule has 0 aliphatic rings. The van der Waals surface area contributed by atoms with Crippen molar-refractivity contribution in [3.63, 3.8) is 0 Å². The molecule has 188 valence electrons.